The fourth-order valence-electron chi connectivity index (χ4n) is 3.10. The lowest BCUT2D eigenvalue weighted by atomic mass is 10.1. The minimum absolute atomic E-state index is 0.202. The van der Waals surface area contributed by atoms with Gasteiger partial charge in [-0.15, -0.1) is 0 Å². The SMILES string of the molecule is CN=C(NCCc1ccc(OC)cc1)NCCc1cc(F)cc2c1OCOC2. The summed E-state index contributed by atoms with van der Waals surface area (Å²) in [6, 6.07) is 11.0. The predicted molar refractivity (Wildman–Crippen MR) is 106 cm³/mol. The van der Waals surface area contributed by atoms with Crippen LogP contribution in [0.25, 0.3) is 0 Å². The summed E-state index contributed by atoms with van der Waals surface area (Å²) < 4.78 is 29.7. The Bertz CT molecular complexity index is 809. The molecule has 1 aliphatic heterocycles. The second-order valence-electron chi connectivity index (χ2n) is 6.44. The summed E-state index contributed by atoms with van der Waals surface area (Å²) in [5.41, 5.74) is 2.80. The zero-order valence-corrected chi connectivity index (χ0v) is 16.3. The molecule has 28 heavy (non-hydrogen) atoms. The van der Waals surface area contributed by atoms with E-state index in [0.717, 1.165) is 35.6 Å². The summed E-state index contributed by atoms with van der Waals surface area (Å²) >= 11 is 0. The van der Waals surface area contributed by atoms with Crippen LogP contribution in [0.3, 0.4) is 0 Å². The molecule has 0 amide bonds. The Kier molecular flexibility index (Phi) is 7.08. The molecule has 150 valence electrons. The van der Waals surface area contributed by atoms with Crippen LogP contribution in [0.5, 0.6) is 11.5 Å². The number of benzene rings is 2. The molecule has 0 aromatic heterocycles. The largest absolute Gasteiger partial charge is 0.497 e. The molecule has 0 fully saturated rings. The van der Waals surface area contributed by atoms with Crippen molar-refractivity contribution in [3.8, 4) is 11.5 Å². The van der Waals surface area contributed by atoms with Gasteiger partial charge in [0.2, 0.25) is 0 Å². The van der Waals surface area contributed by atoms with Crippen molar-refractivity contribution >= 4 is 5.96 Å². The van der Waals surface area contributed by atoms with Gasteiger partial charge >= 0.3 is 0 Å². The number of ether oxygens (including phenoxy) is 3. The number of methoxy groups -OCH3 is 1. The minimum atomic E-state index is -0.273. The Labute approximate surface area is 164 Å². The first-order valence-electron chi connectivity index (χ1n) is 9.29. The molecule has 2 aromatic rings. The highest BCUT2D eigenvalue weighted by atomic mass is 19.1. The third-order valence-corrected chi connectivity index (χ3v) is 4.53. The molecule has 6 nitrogen and oxygen atoms in total. The first-order valence-corrected chi connectivity index (χ1v) is 9.29. The Morgan fingerprint density at radius 2 is 1.89 bits per heavy atom. The minimum Gasteiger partial charge on any atom is -0.497 e. The number of rotatable bonds is 7. The Balaban J connectivity index is 1.46. The summed E-state index contributed by atoms with van der Waals surface area (Å²) in [4.78, 5) is 4.23. The van der Waals surface area contributed by atoms with Gasteiger partial charge in [-0.05, 0) is 48.2 Å². The van der Waals surface area contributed by atoms with Crippen LogP contribution in [0.1, 0.15) is 16.7 Å². The molecule has 2 N–H and O–H groups in total. The predicted octanol–water partition coefficient (Wildman–Crippen LogP) is 2.65. The van der Waals surface area contributed by atoms with Gasteiger partial charge in [0, 0.05) is 25.7 Å². The standard InChI is InChI=1S/C21H26FN3O3/c1-23-21(24-9-7-15-3-5-19(26-2)6-4-15)25-10-8-16-11-18(22)12-17-13-27-14-28-20(16)17/h3-6,11-12H,7-10,13-14H2,1-2H3,(H2,23,24,25). The number of hydrogen-bond acceptors (Lipinski definition) is 4. The number of nitrogens with one attached hydrogen (secondary N) is 2. The van der Waals surface area contributed by atoms with Crippen molar-refractivity contribution in [3.63, 3.8) is 0 Å². The van der Waals surface area contributed by atoms with Gasteiger partial charge in [0.05, 0.1) is 13.7 Å². The molecule has 7 heteroatoms. The number of nitrogens with zero attached hydrogens (tertiary/aromatic N) is 1. The van der Waals surface area contributed by atoms with E-state index in [1.807, 2.05) is 24.3 Å². The van der Waals surface area contributed by atoms with Crippen LogP contribution >= 0.6 is 0 Å². The Hall–Kier alpha value is -2.80. The van der Waals surface area contributed by atoms with E-state index in [9.17, 15) is 4.39 Å². The molecule has 0 bridgehead atoms. The van der Waals surface area contributed by atoms with Crippen molar-refractivity contribution in [1.82, 2.24) is 10.6 Å². The highest BCUT2D eigenvalue weighted by molar-refractivity contribution is 5.79. The Morgan fingerprint density at radius 1 is 1.14 bits per heavy atom. The van der Waals surface area contributed by atoms with E-state index < -0.39 is 0 Å². The van der Waals surface area contributed by atoms with Crippen LogP contribution < -0.4 is 20.1 Å². The molecule has 0 atom stereocenters. The summed E-state index contributed by atoms with van der Waals surface area (Å²) in [7, 11) is 3.39. The van der Waals surface area contributed by atoms with Crippen molar-refractivity contribution in [2.45, 2.75) is 19.4 Å². The maximum atomic E-state index is 13.8. The molecule has 0 saturated heterocycles. The van der Waals surface area contributed by atoms with Gasteiger partial charge in [0.25, 0.3) is 0 Å². The summed E-state index contributed by atoms with van der Waals surface area (Å²) in [6.45, 7) is 1.94. The van der Waals surface area contributed by atoms with Crippen LogP contribution in [0.2, 0.25) is 0 Å². The van der Waals surface area contributed by atoms with Crippen molar-refractivity contribution in [3.05, 3.63) is 58.9 Å². The van der Waals surface area contributed by atoms with Gasteiger partial charge in [0.1, 0.15) is 17.3 Å². The number of halogens is 1. The molecule has 0 aliphatic carbocycles. The third kappa shape index (κ3) is 5.36. The van der Waals surface area contributed by atoms with Gasteiger partial charge < -0.3 is 24.8 Å². The van der Waals surface area contributed by atoms with E-state index in [2.05, 4.69) is 15.6 Å². The van der Waals surface area contributed by atoms with E-state index in [4.69, 9.17) is 14.2 Å². The maximum absolute atomic E-state index is 13.8. The summed E-state index contributed by atoms with van der Waals surface area (Å²) in [5, 5.41) is 6.55. The molecule has 2 aromatic carbocycles. The van der Waals surface area contributed by atoms with Crippen LogP contribution in [0.15, 0.2) is 41.4 Å². The highest BCUT2D eigenvalue weighted by Crippen LogP contribution is 2.29. The van der Waals surface area contributed by atoms with Gasteiger partial charge in [-0.2, -0.15) is 0 Å². The van der Waals surface area contributed by atoms with Gasteiger partial charge in [-0.25, -0.2) is 4.39 Å². The molecule has 0 saturated carbocycles. The lowest BCUT2D eigenvalue weighted by Gasteiger charge is -2.21. The fourth-order valence-corrected chi connectivity index (χ4v) is 3.10. The van der Waals surface area contributed by atoms with Crippen LogP contribution in [0.4, 0.5) is 4.39 Å². The van der Waals surface area contributed by atoms with Gasteiger partial charge in [-0.1, -0.05) is 12.1 Å². The summed E-state index contributed by atoms with van der Waals surface area (Å²) in [6.07, 6.45) is 1.50. The molecule has 1 aliphatic rings. The number of hydrogen-bond donors (Lipinski definition) is 2. The van der Waals surface area contributed by atoms with Crippen molar-refractivity contribution in [2.24, 2.45) is 4.99 Å². The molecular formula is C21H26FN3O3. The quantitative estimate of drug-likeness (QED) is 0.565. The van der Waals surface area contributed by atoms with Crippen molar-refractivity contribution < 1.29 is 18.6 Å². The molecular weight excluding hydrogens is 361 g/mol. The third-order valence-electron chi connectivity index (χ3n) is 4.53. The molecule has 1 heterocycles. The van der Waals surface area contributed by atoms with E-state index in [1.165, 1.54) is 17.7 Å². The van der Waals surface area contributed by atoms with E-state index in [0.29, 0.717) is 25.5 Å². The molecule has 0 spiro atoms. The van der Waals surface area contributed by atoms with Crippen LogP contribution in [-0.4, -0.2) is 40.0 Å². The zero-order valence-electron chi connectivity index (χ0n) is 16.3. The van der Waals surface area contributed by atoms with Crippen LogP contribution in [0, 0.1) is 5.82 Å². The summed E-state index contributed by atoms with van der Waals surface area (Å²) in [5.74, 6) is 2.02. The van der Waals surface area contributed by atoms with Crippen molar-refractivity contribution in [1.29, 1.82) is 0 Å². The Morgan fingerprint density at radius 3 is 2.61 bits per heavy atom. The number of guanidine groups is 1. The second-order valence-corrected chi connectivity index (χ2v) is 6.44. The smallest absolute Gasteiger partial charge is 0.190 e. The van der Waals surface area contributed by atoms with Crippen LogP contribution in [-0.2, 0) is 24.2 Å². The first kappa shape index (κ1) is 19.9. The first-order chi connectivity index (χ1) is 13.7. The maximum Gasteiger partial charge on any atom is 0.190 e. The van der Waals surface area contributed by atoms with Crippen molar-refractivity contribution in [2.75, 3.05) is 34.0 Å². The van der Waals surface area contributed by atoms with E-state index in [1.54, 1.807) is 14.2 Å². The van der Waals surface area contributed by atoms with E-state index in [-0.39, 0.29) is 12.6 Å². The van der Waals surface area contributed by atoms with Gasteiger partial charge in [-0.3, -0.25) is 4.99 Å². The number of fused-ring (bicyclic) bond motifs is 1. The highest BCUT2D eigenvalue weighted by Gasteiger charge is 2.16. The molecule has 0 unspecified atom stereocenters. The fraction of sp³-hybridized carbons (Fsp3) is 0.381. The topological polar surface area (TPSA) is 64.1 Å². The molecule has 3 rings (SSSR count). The number of aliphatic imine (C=N–C) groups is 1. The normalized spacial score (nSPS) is 13.5. The van der Waals surface area contributed by atoms with Gasteiger partial charge in [0.15, 0.2) is 12.8 Å². The molecule has 0 radical (unpaired) electrons. The lowest BCUT2D eigenvalue weighted by Crippen LogP contribution is -2.39. The zero-order chi connectivity index (χ0) is 19.8. The monoisotopic (exact) mass is 387 g/mol. The lowest BCUT2D eigenvalue weighted by molar-refractivity contribution is -0.0172. The average molecular weight is 387 g/mol. The van der Waals surface area contributed by atoms with E-state index >= 15 is 0 Å². The second kappa shape index (κ2) is 9.94. The average Bonchev–Trinajstić information content (AvgIpc) is 2.73.